The van der Waals surface area contributed by atoms with Crippen molar-refractivity contribution in [3.63, 3.8) is 0 Å². The molecule has 0 radical (unpaired) electrons. The lowest BCUT2D eigenvalue weighted by Gasteiger charge is -2.18. The Morgan fingerprint density at radius 3 is 2.16 bits per heavy atom. The van der Waals surface area contributed by atoms with Gasteiger partial charge < -0.3 is 8.83 Å². The van der Waals surface area contributed by atoms with Crippen LogP contribution < -0.4 is 0 Å². The minimum absolute atomic E-state index is 0.396. The molecular formula is C17H14BrN3O2S2. The topological polar surface area (TPSA) is 55.3 Å². The summed E-state index contributed by atoms with van der Waals surface area (Å²) in [6, 6.07) is 12.0. The number of hydrogen-bond acceptors (Lipinski definition) is 7. The van der Waals surface area contributed by atoms with Crippen LogP contribution in [0, 0.1) is 0 Å². The summed E-state index contributed by atoms with van der Waals surface area (Å²) in [6.45, 7) is 2.28. The summed E-state index contributed by atoms with van der Waals surface area (Å²) in [4.78, 5) is 4.92. The summed E-state index contributed by atoms with van der Waals surface area (Å²) < 4.78 is 11.9. The SMILES string of the molecule is Brc1ccc(-c2nnc(CN(Cc3cccs3)Cc3cccs3)o2)o1. The van der Waals surface area contributed by atoms with Crippen LogP contribution in [0.25, 0.3) is 11.7 Å². The molecule has 0 N–H and O–H groups in total. The Kier molecular flexibility index (Phi) is 5.12. The molecule has 0 spiro atoms. The zero-order chi connectivity index (χ0) is 17.1. The van der Waals surface area contributed by atoms with Gasteiger partial charge >= 0.3 is 0 Å². The van der Waals surface area contributed by atoms with Crippen LogP contribution in [0.3, 0.4) is 0 Å². The van der Waals surface area contributed by atoms with E-state index in [-0.39, 0.29) is 0 Å². The molecule has 5 nitrogen and oxygen atoms in total. The molecule has 0 aliphatic carbocycles. The Balaban J connectivity index is 1.50. The van der Waals surface area contributed by atoms with Crippen LogP contribution in [0.15, 0.2) is 60.7 Å². The van der Waals surface area contributed by atoms with Gasteiger partial charge in [-0.05, 0) is 51.0 Å². The van der Waals surface area contributed by atoms with Crippen molar-refractivity contribution in [1.82, 2.24) is 15.1 Å². The van der Waals surface area contributed by atoms with Crippen molar-refractivity contribution in [3.8, 4) is 11.7 Å². The smallest absolute Gasteiger partial charge is 0.283 e. The summed E-state index contributed by atoms with van der Waals surface area (Å²) in [5.74, 6) is 1.54. The first-order valence-electron chi connectivity index (χ1n) is 7.61. The van der Waals surface area contributed by atoms with E-state index in [0.29, 0.717) is 28.8 Å². The zero-order valence-electron chi connectivity index (χ0n) is 13.1. The largest absolute Gasteiger partial charge is 0.444 e. The lowest BCUT2D eigenvalue weighted by Crippen LogP contribution is -2.21. The van der Waals surface area contributed by atoms with Gasteiger partial charge in [0.1, 0.15) is 0 Å². The van der Waals surface area contributed by atoms with Crippen molar-refractivity contribution < 1.29 is 8.83 Å². The molecule has 4 heterocycles. The van der Waals surface area contributed by atoms with Crippen LogP contribution in [-0.4, -0.2) is 15.1 Å². The molecule has 4 aromatic heterocycles. The first-order chi connectivity index (χ1) is 12.3. The Labute approximate surface area is 161 Å². The van der Waals surface area contributed by atoms with Crippen LogP contribution >= 0.6 is 38.6 Å². The second kappa shape index (κ2) is 7.65. The molecule has 25 heavy (non-hydrogen) atoms. The fraction of sp³-hybridized carbons (Fsp3) is 0.176. The second-order valence-electron chi connectivity index (χ2n) is 5.41. The Morgan fingerprint density at radius 1 is 0.880 bits per heavy atom. The highest BCUT2D eigenvalue weighted by molar-refractivity contribution is 9.10. The van der Waals surface area contributed by atoms with Crippen molar-refractivity contribution in [1.29, 1.82) is 0 Å². The van der Waals surface area contributed by atoms with E-state index in [0.717, 1.165) is 13.1 Å². The number of nitrogens with zero attached hydrogens (tertiary/aromatic N) is 3. The molecule has 4 aromatic rings. The maximum Gasteiger partial charge on any atom is 0.283 e. The number of halogens is 1. The third kappa shape index (κ3) is 4.27. The van der Waals surface area contributed by atoms with Crippen molar-refractivity contribution in [2.24, 2.45) is 0 Å². The predicted octanol–water partition coefficient (Wildman–Crippen LogP) is 5.42. The highest BCUT2D eigenvalue weighted by Gasteiger charge is 2.16. The summed E-state index contributed by atoms with van der Waals surface area (Å²) in [6.07, 6.45) is 0. The number of furan rings is 1. The monoisotopic (exact) mass is 435 g/mol. The van der Waals surface area contributed by atoms with Crippen molar-refractivity contribution in [3.05, 3.63) is 67.5 Å². The third-order valence-electron chi connectivity index (χ3n) is 3.53. The van der Waals surface area contributed by atoms with E-state index in [1.54, 1.807) is 34.8 Å². The first kappa shape index (κ1) is 16.7. The van der Waals surface area contributed by atoms with Crippen molar-refractivity contribution in [2.75, 3.05) is 0 Å². The number of hydrogen-bond donors (Lipinski definition) is 0. The molecule has 0 aliphatic heterocycles. The first-order valence-corrected chi connectivity index (χ1v) is 10.2. The van der Waals surface area contributed by atoms with Crippen molar-refractivity contribution in [2.45, 2.75) is 19.6 Å². The van der Waals surface area contributed by atoms with E-state index >= 15 is 0 Å². The van der Waals surface area contributed by atoms with Gasteiger partial charge in [-0.2, -0.15) is 0 Å². The van der Waals surface area contributed by atoms with Gasteiger partial charge in [0.2, 0.25) is 5.89 Å². The van der Waals surface area contributed by atoms with E-state index in [1.807, 2.05) is 0 Å². The van der Waals surface area contributed by atoms with Gasteiger partial charge in [0.15, 0.2) is 10.4 Å². The Morgan fingerprint density at radius 2 is 1.60 bits per heavy atom. The van der Waals surface area contributed by atoms with Gasteiger partial charge in [-0.1, -0.05) is 12.1 Å². The molecular weight excluding hydrogens is 422 g/mol. The average molecular weight is 436 g/mol. The Bertz CT molecular complexity index is 879. The van der Waals surface area contributed by atoms with Crippen LogP contribution in [0.5, 0.6) is 0 Å². The number of rotatable bonds is 7. The molecule has 8 heteroatoms. The molecule has 0 saturated carbocycles. The van der Waals surface area contributed by atoms with Gasteiger partial charge in [-0.25, -0.2) is 0 Å². The summed E-state index contributed by atoms with van der Waals surface area (Å²) in [7, 11) is 0. The molecule has 0 saturated heterocycles. The Hall–Kier alpha value is -1.74. The summed E-state index contributed by atoms with van der Waals surface area (Å²) >= 11 is 6.79. The lowest BCUT2D eigenvalue weighted by molar-refractivity contribution is 0.226. The molecule has 0 unspecified atom stereocenters. The highest BCUT2D eigenvalue weighted by Crippen LogP contribution is 2.25. The molecule has 0 aromatic carbocycles. The van der Waals surface area contributed by atoms with Gasteiger partial charge in [-0.15, -0.1) is 32.9 Å². The van der Waals surface area contributed by atoms with Gasteiger partial charge in [-0.3, -0.25) is 4.90 Å². The fourth-order valence-corrected chi connectivity index (χ4v) is 4.25. The molecule has 0 atom stereocenters. The standard InChI is InChI=1S/C17H14BrN3O2S2/c18-15-6-5-14(22-15)17-20-19-16(23-17)11-21(9-12-3-1-7-24-12)10-13-4-2-8-25-13/h1-8H,9-11H2. The predicted molar refractivity (Wildman–Crippen MR) is 101 cm³/mol. The summed E-state index contributed by atoms with van der Waals surface area (Å²) in [5.41, 5.74) is 0. The third-order valence-corrected chi connectivity index (χ3v) is 5.68. The van der Waals surface area contributed by atoms with E-state index in [4.69, 9.17) is 8.83 Å². The minimum Gasteiger partial charge on any atom is -0.444 e. The normalized spacial score (nSPS) is 11.4. The van der Waals surface area contributed by atoms with Gasteiger partial charge in [0.25, 0.3) is 5.89 Å². The van der Waals surface area contributed by atoms with Gasteiger partial charge in [0, 0.05) is 22.8 Å². The maximum absolute atomic E-state index is 5.78. The van der Waals surface area contributed by atoms with E-state index < -0.39 is 0 Å². The molecule has 0 fully saturated rings. The number of aromatic nitrogens is 2. The maximum atomic E-state index is 5.78. The van der Waals surface area contributed by atoms with Crippen LogP contribution in [0.4, 0.5) is 0 Å². The quantitative estimate of drug-likeness (QED) is 0.387. The van der Waals surface area contributed by atoms with Gasteiger partial charge in [0.05, 0.1) is 6.54 Å². The molecule has 0 amide bonds. The van der Waals surface area contributed by atoms with Crippen molar-refractivity contribution >= 4 is 38.6 Å². The lowest BCUT2D eigenvalue weighted by atomic mass is 10.3. The number of thiophene rings is 2. The fourth-order valence-electron chi connectivity index (χ4n) is 2.45. The summed E-state index contributed by atoms with van der Waals surface area (Å²) in [5, 5.41) is 12.5. The van der Waals surface area contributed by atoms with E-state index in [1.165, 1.54) is 9.75 Å². The zero-order valence-corrected chi connectivity index (χ0v) is 16.3. The molecule has 128 valence electrons. The molecule has 0 bridgehead atoms. The van der Waals surface area contributed by atoms with Crippen LogP contribution in [0.1, 0.15) is 15.6 Å². The minimum atomic E-state index is 0.396. The highest BCUT2D eigenvalue weighted by atomic mass is 79.9. The van der Waals surface area contributed by atoms with Crippen LogP contribution in [0.2, 0.25) is 0 Å². The van der Waals surface area contributed by atoms with Crippen LogP contribution in [-0.2, 0) is 19.6 Å². The molecule has 4 rings (SSSR count). The van der Waals surface area contributed by atoms with E-state index in [9.17, 15) is 0 Å². The second-order valence-corrected chi connectivity index (χ2v) is 8.25. The van der Waals surface area contributed by atoms with E-state index in [2.05, 4.69) is 66.1 Å². The average Bonchev–Trinajstić information content (AvgIpc) is 3.34. The molecule has 0 aliphatic rings.